The SMILES string of the molecule is CC(C)(C)C(=O)c1c(O)c(O)n(-c2ccc(-c3ccon3)cc2)c1-c1cccc(Cl)c1. The van der Waals surface area contributed by atoms with Crippen molar-refractivity contribution in [2.45, 2.75) is 20.8 Å². The molecule has 0 saturated carbocycles. The van der Waals surface area contributed by atoms with Gasteiger partial charge in [0.1, 0.15) is 12.0 Å². The van der Waals surface area contributed by atoms with Gasteiger partial charge in [0.25, 0.3) is 0 Å². The topological polar surface area (TPSA) is 88.5 Å². The molecule has 0 amide bonds. The number of ketones is 1. The maximum Gasteiger partial charge on any atom is 0.240 e. The highest BCUT2D eigenvalue weighted by atomic mass is 35.5. The van der Waals surface area contributed by atoms with Crippen LogP contribution < -0.4 is 0 Å². The second-order valence-corrected chi connectivity index (χ2v) is 8.69. The van der Waals surface area contributed by atoms with Gasteiger partial charge in [0.2, 0.25) is 5.88 Å². The lowest BCUT2D eigenvalue weighted by atomic mass is 9.85. The van der Waals surface area contributed by atoms with Crippen molar-refractivity contribution in [2.24, 2.45) is 5.41 Å². The fraction of sp³-hybridized carbons (Fsp3) is 0.167. The second kappa shape index (κ2) is 7.63. The van der Waals surface area contributed by atoms with Crippen molar-refractivity contribution < 1.29 is 19.5 Å². The Balaban J connectivity index is 1.97. The molecule has 0 saturated heterocycles. The maximum atomic E-state index is 13.2. The van der Waals surface area contributed by atoms with E-state index in [9.17, 15) is 15.0 Å². The van der Waals surface area contributed by atoms with Crippen molar-refractivity contribution in [3.63, 3.8) is 0 Å². The highest BCUT2D eigenvalue weighted by molar-refractivity contribution is 6.30. The van der Waals surface area contributed by atoms with E-state index in [0.717, 1.165) is 5.56 Å². The predicted octanol–water partition coefficient (Wildman–Crippen LogP) is 6.09. The van der Waals surface area contributed by atoms with Gasteiger partial charge in [-0.15, -0.1) is 0 Å². The molecular formula is C24H21ClN2O4. The van der Waals surface area contributed by atoms with E-state index in [1.165, 1.54) is 10.8 Å². The Bertz CT molecular complexity index is 1250. The number of aromatic hydroxyl groups is 2. The Morgan fingerprint density at radius 2 is 1.74 bits per heavy atom. The smallest absolute Gasteiger partial charge is 0.240 e. The van der Waals surface area contributed by atoms with E-state index in [2.05, 4.69) is 5.16 Å². The van der Waals surface area contributed by atoms with Crippen molar-refractivity contribution in [2.75, 3.05) is 0 Å². The standard InChI is InChI=1S/C24H21ClN2O4/c1-24(2,3)22(29)19-20(15-5-4-6-16(25)13-15)27(23(30)21(19)28)17-9-7-14(8-10-17)18-11-12-31-26-18/h4-13,28,30H,1-3H3. The first kappa shape index (κ1) is 20.8. The van der Waals surface area contributed by atoms with Crippen LogP contribution in [0.25, 0.3) is 28.2 Å². The molecule has 158 valence electrons. The van der Waals surface area contributed by atoms with E-state index < -0.39 is 17.0 Å². The molecule has 0 aliphatic heterocycles. The number of Topliss-reactive ketones (excluding diaryl/α,β-unsaturated/α-hetero) is 1. The summed E-state index contributed by atoms with van der Waals surface area (Å²) in [5, 5.41) is 26.0. The van der Waals surface area contributed by atoms with Crippen molar-refractivity contribution in [3.05, 3.63) is 71.4 Å². The van der Waals surface area contributed by atoms with Crippen molar-refractivity contribution >= 4 is 17.4 Å². The number of benzene rings is 2. The quantitative estimate of drug-likeness (QED) is 0.378. The summed E-state index contributed by atoms with van der Waals surface area (Å²) in [4.78, 5) is 13.2. The number of hydrogen-bond acceptors (Lipinski definition) is 5. The molecular weight excluding hydrogens is 416 g/mol. The minimum absolute atomic E-state index is 0.0489. The van der Waals surface area contributed by atoms with Crippen LogP contribution in [0, 0.1) is 5.41 Å². The average molecular weight is 437 g/mol. The zero-order chi connectivity index (χ0) is 22.3. The minimum Gasteiger partial charge on any atom is -0.503 e. The van der Waals surface area contributed by atoms with Crippen LogP contribution in [0.4, 0.5) is 0 Å². The van der Waals surface area contributed by atoms with Gasteiger partial charge in [-0.25, -0.2) is 0 Å². The molecule has 31 heavy (non-hydrogen) atoms. The highest BCUT2D eigenvalue weighted by Crippen LogP contribution is 2.45. The lowest BCUT2D eigenvalue weighted by Crippen LogP contribution is -2.20. The molecule has 0 bridgehead atoms. The number of carbonyl (C=O) groups excluding carboxylic acids is 1. The molecule has 0 fully saturated rings. The van der Waals surface area contributed by atoms with Crippen LogP contribution in [-0.2, 0) is 0 Å². The molecule has 0 aliphatic rings. The van der Waals surface area contributed by atoms with E-state index in [4.69, 9.17) is 16.1 Å². The van der Waals surface area contributed by atoms with E-state index in [-0.39, 0.29) is 11.3 Å². The number of nitrogens with zero attached hydrogens (tertiary/aromatic N) is 2. The van der Waals surface area contributed by atoms with Gasteiger partial charge in [-0.3, -0.25) is 9.36 Å². The molecule has 6 nitrogen and oxygen atoms in total. The number of aromatic nitrogens is 2. The fourth-order valence-corrected chi connectivity index (χ4v) is 3.63. The zero-order valence-electron chi connectivity index (χ0n) is 17.3. The number of halogens is 1. The van der Waals surface area contributed by atoms with Crippen LogP contribution in [-0.4, -0.2) is 25.7 Å². The van der Waals surface area contributed by atoms with E-state index in [0.29, 0.717) is 27.7 Å². The second-order valence-electron chi connectivity index (χ2n) is 8.25. The third kappa shape index (κ3) is 3.70. The van der Waals surface area contributed by atoms with Gasteiger partial charge in [0, 0.05) is 33.3 Å². The first-order valence-corrected chi connectivity index (χ1v) is 10.0. The first-order valence-electron chi connectivity index (χ1n) is 9.67. The van der Waals surface area contributed by atoms with Gasteiger partial charge in [-0.2, -0.15) is 0 Å². The molecule has 0 aliphatic carbocycles. The molecule has 0 unspecified atom stereocenters. The lowest BCUT2D eigenvalue weighted by molar-refractivity contribution is 0.0856. The first-order chi connectivity index (χ1) is 14.7. The average Bonchev–Trinajstić information content (AvgIpc) is 3.35. The maximum absolute atomic E-state index is 13.2. The van der Waals surface area contributed by atoms with Crippen LogP contribution >= 0.6 is 11.6 Å². The van der Waals surface area contributed by atoms with Crippen molar-refractivity contribution in [1.29, 1.82) is 0 Å². The molecule has 2 aromatic carbocycles. The summed E-state index contributed by atoms with van der Waals surface area (Å²) in [5.41, 5.74) is 2.28. The Hall–Kier alpha value is -3.51. The summed E-state index contributed by atoms with van der Waals surface area (Å²) in [7, 11) is 0. The molecule has 0 atom stereocenters. The molecule has 4 rings (SSSR count). The highest BCUT2D eigenvalue weighted by Gasteiger charge is 2.34. The Labute approximate surface area is 184 Å². The van der Waals surface area contributed by atoms with Gasteiger partial charge < -0.3 is 14.7 Å². The monoisotopic (exact) mass is 436 g/mol. The van der Waals surface area contributed by atoms with E-state index in [1.807, 2.05) is 12.1 Å². The summed E-state index contributed by atoms with van der Waals surface area (Å²) in [6, 6.07) is 15.8. The lowest BCUT2D eigenvalue weighted by Gasteiger charge is -2.18. The number of hydrogen-bond donors (Lipinski definition) is 2. The summed E-state index contributed by atoms with van der Waals surface area (Å²) >= 11 is 6.20. The third-order valence-corrected chi connectivity index (χ3v) is 5.22. The van der Waals surface area contributed by atoms with Crippen molar-refractivity contribution in [1.82, 2.24) is 9.72 Å². The van der Waals surface area contributed by atoms with Gasteiger partial charge >= 0.3 is 0 Å². The summed E-state index contributed by atoms with van der Waals surface area (Å²) in [6.45, 7) is 5.28. The number of carbonyl (C=O) groups is 1. The van der Waals surface area contributed by atoms with Gasteiger partial charge in [-0.05, 0) is 24.3 Å². The molecule has 4 aromatic rings. The van der Waals surface area contributed by atoms with E-state index in [1.54, 1.807) is 63.2 Å². The van der Waals surface area contributed by atoms with Gasteiger partial charge in [-0.1, -0.05) is 61.8 Å². The molecule has 2 N–H and O–H groups in total. The van der Waals surface area contributed by atoms with Crippen LogP contribution in [0.1, 0.15) is 31.1 Å². The largest absolute Gasteiger partial charge is 0.503 e. The zero-order valence-corrected chi connectivity index (χ0v) is 18.0. The van der Waals surface area contributed by atoms with Crippen molar-refractivity contribution in [3.8, 4) is 39.8 Å². The molecule has 0 spiro atoms. The normalized spacial score (nSPS) is 11.6. The van der Waals surface area contributed by atoms with Crippen LogP contribution in [0.15, 0.2) is 65.4 Å². The molecule has 7 heteroatoms. The third-order valence-electron chi connectivity index (χ3n) is 4.99. The van der Waals surface area contributed by atoms with Crippen LogP contribution in [0.2, 0.25) is 5.02 Å². The van der Waals surface area contributed by atoms with Crippen LogP contribution in [0.5, 0.6) is 11.6 Å². The van der Waals surface area contributed by atoms with Gasteiger partial charge in [0.15, 0.2) is 11.5 Å². The van der Waals surface area contributed by atoms with E-state index >= 15 is 0 Å². The summed E-state index contributed by atoms with van der Waals surface area (Å²) < 4.78 is 6.34. The molecule has 2 heterocycles. The van der Waals surface area contributed by atoms with Crippen LogP contribution in [0.3, 0.4) is 0 Å². The summed E-state index contributed by atoms with van der Waals surface area (Å²) in [5.74, 6) is -1.18. The predicted molar refractivity (Wildman–Crippen MR) is 119 cm³/mol. The Morgan fingerprint density at radius 3 is 2.32 bits per heavy atom. The molecule has 2 aromatic heterocycles. The molecule has 0 radical (unpaired) electrons. The fourth-order valence-electron chi connectivity index (χ4n) is 3.44. The Morgan fingerprint density at radius 1 is 1.03 bits per heavy atom. The van der Waals surface area contributed by atoms with Gasteiger partial charge in [0.05, 0.1) is 11.3 Å². The number of rotatable bonds is 4. The summed E-state index contributed by atoms with van der Waals surface area (Å²) in [6.07, 6.45) is 1.49. The Kier molecular flexibility index (Phi) is 5.11. The minimum atomic E-state index is -0.778.